The lowest BCUT2D eigenvalue weighted by molar-refractivity contribution is -0.0000147. The highest BCUT2D eigenvalue weighted by Crippen LogP contribution is 2.39. The van der Waals surface area contributed by atoms with Crippen molar-refractivity contribution < 1.29 is 21.9 Å². The largest absolute Gasteiger partial charge is 1.00 e. The number of hydrogen-bond acceptors (Lipinski definition) is 2. The van der Waals surface area contributed by atoms with Crippen molar-refractivity contribution in [1.82, 2.24) is 0 Å². The van der Waals surface area contributed by atoms with Crippen LogP contribution in [0.1, 0.15) is 35.5 Å². The second-order valence-corrected chi connectivity index (χ2v) is 7.44. The third-order valence-electron chi connectivity index (χ3n) is 3.89. The quantitative estimate of drug-likeness (QED) is 0.784. The summed E-state index contributed by atoms with van der Waals surface area (Å²) in [5.41, 5.74) is 2.15. The molecule has 4 heteroatoms. The van der Waals surface area contributed by atoms with Crippen LogP contribution in [0.2, 0.25) is 0 Å². The van der Waals surface area contributed by atoms with Gasteiger partial charge in [-0.15, -0.1) is 0 Å². The van der Waals surface area contributed by atoms with E-state index in [1.807, 2.05) is 18.2 Å². The number of rotatable bonds is 2. The lowest BCUT2D eigenvalue weighted by Crippen LogP contribution is -3.00. The Morgan fingerprint density at radius 2 is 1.73 bits per heavy atom. The van der Waals surface area contributed by atoms with Gasteiger partial charge in [-0.05, 0) is 35.7 Å². The topological polar surface area (TPSA) is 26.3 Å². The summed E-state index contributed by atoms with van der Waals surface area (Å²) in [5, 5.41) is 0. The fraction of sp³-hybridized carbons (Fsp3) is 0.333. The molecule has 1 aliphatic rings. The van der Waals surface area contributed by atoms with Crippen molar-refractivity contribution >= 4 is 17.1 Å². The van der Waals surface area contributed by atoms with E-state index in [2.05, 4.69) is 32.0 Å². The van der Waals surface area contributed by atoms with E-state index in [0.717, 1.165) is 17.7 Å². The predicted molar refractivity (Wildman–Crippen MR) is 87.1 cm³/mol. The SMILES string of the molecule is COc1ccc(-c2ccc3c([s+]2)CC(C)(C)CC3=O)cc1.[Cl-]. The lowest BCUT2D eigenvalue weighted by atomic mass is 9.77. The highest BCUT2D eigenvalue weighted by Gasteiger charge is 2.36. The van der Waals surface area contributed by atoms with Crippen LogP contribution in [-0.2, 0) is 6.42 Å². The van der Waals surface area contributed by atoms with Crippen molar-refractivity contribution in [3.63, 3.8) is 0 Å². The Kier molecular flexibility index (Phi) is 4.88. The number of Topliss-reactive ketones (excluding diaryl/α,β-unsaturated/α-hetero) is 1. The number of fused-ring (bicyclic) bond motifs is 1. The Morgan fingerprint density at radius 1 is 1.05 bits per heavy atom. The maximum atomic E-state index is 12.2. The summed E-state index contributed by atoms with van der Waals surface area (Å²) in [7, 11) is 1.67. The van der Waals surface area contributed by atoms with Gasteiger partial charge in [0.2, 0.25) is 21.1 Å². The van der Waals surface area contributed by atoms with Crippen LogP contribution in [0.4, 0.5) is 0 Å². The number of methoxy groups -OCH3 is 1. The average Bonchev–Trinajstić information content (AvgIpc) is 2.45. The van der Waals surface area contributed by atoms with Gasteiger partial charge < -0.3 is 17.1 Å². The standard InChI is InChI=1S/C18H19O2S.ClH/c1-18(2)10-15(19)14-8-9-16(21-17(14)11-18)12-4-6-13(20-3)7-5-12;/h4-9H,10-11H2,1-3H3;1H/q+1;/p-1. The molecule has 0 saturated carbocycles. The zero-order valence-corrected chi connectivity index (χ0v) is 14.6. The molecule has 0 spiro atoms. The Bertz CT molecular complexity index is 693. The van der Waals surface area contributed by atoms with Gasteiger partial charge in [0.1, 0.15) is 5.75 Å². The first-order chi connectivity index (χ1) is 9.98. The zero-order chi connectivity index (χ0) is 15.0. The van der Waals surface area contributed by atoms with Crippen LogP contribution in [-0.4, -0.2) is 12.9 Å². The minimum absolute atomic E-state index is 0. The molecule has 0 bridgehead atoms. The molecule has 3 rings (SSSR count). The number of ether oxygens (including phenoxy) is 1. The molecule has 0 radical (unpaired) electrons. The van der Waals surface area contributed by atoms with E-state index in [-0.39, 0.29) is 23.6 Å². The van der Waals surface area contributed by atoms with Crippen LogP contribution in [0.25, 0.3) is 10.4 Å². The molecule has 0 saturated heterocycles. The Balaban J connectivity index is 0.00000176. The lowest BCUT2D eigenvalue weighted by Gasteiger charge is -2.25. The van der Waals surface area contributed by atoms with E-state index in [1.165, 1.54) is 15.3 Å². The van der Waals surface area contributed by atoms with E-state index >= 15 is 0 Å². The first-order valence-electron chi connectivity index (χ1n) is 7.12. The molecule has 0 aliphatic heterocycles. The van der Waals surface area contributed by atoms with Crippen LogP contribution < -0.4 is 17.1 Å². The molecule has 1 aromatic heterocycles. The molecule has 0 unspecified atom stereocenters. The van der Waals surface area contributed by atoms with Crippen molar-refractivity contribution in [2.45, 2.75) is 26.7 Å². The summed E-state index contributed by atoms with van der Waals surface area (Å²) >= 11 is 1.74. The number of carbonyl (C=O) groups excluding carboxylic acids is 1. The van der Waals surface area contributed by atoms with Gasteiger partial charge in [-0.2, -0.15) is 0 Å². The summed E-state index contributed by atoms with van der Waals surface area (Å²) < 4.78 is 5.20. The fourth-order valence-electron chi connectivity index (χ4n) is 2.79. The van der Waals surface area contributed by atoms with Crippen LogP contribution in [0, 0.1) is 5.41 Å². The van der Waals surface area contributed by atoms with E-state index in [9.17, 15) is 4.79 Å². The molecule has 1 heterocycles. The first kappa shape index (κ1) is 16.9. The number of carbonyl (C=O) groups is 1. The maximum absolute atomic E-state index is 12.2. The van der Waals surface area contributed by atoms with Gasteiger partial charge in [0.05, 0.1) is 12.7 Å². The highest BCUT2D eigenvalue weighted by molar-refractivity contribution is 7.15. The van der Waals surface area contributed by atoms with E-state index < -0.39 is 0 Å². The Hall–Kier alpha value is -1.45. The summed E-state index contributed by atoms with van der Waals surface area (Å²) in [4.78, 5) is 14.6. The maximum Gasteiger partial charge on any atom is 0.238 e. The number of benzene rings is 1. The molecule has 1 aromatic carbocycles. The molecule has 0 atom stereocenters. The van der Waals surface area contributed by atoms with Crippen molar-refractivity contribution in [2.24, 2.45) is 5.41 Å². The Labute approximate surface area is 141 Å². The minimum Gasteiger partial charge on any atom is -1.00 e. The predicted octanol–water partition coefficient (Wildman–Crippen LogP) is 1.86. The summed E-state index contributed by atoms with van der Waals surface area (Å²) in [6.07, 6.45) is 1.62. The minimum atomic E-state index is 0. The first-order valence-corrected chi connectivity index (χ1v) is 7.94. The second kappa shape index (κ2) is 6.35. The van der Waals surface area contributed by atoms with Crippen LogP contribution in [0.3, 0.4) is 0 Å². The third kappa shape index (κ3) is 3.31. The normalized spacial score (nSPS) is 15.7. The van der Waals surface area contributed by atoms with Crippen molar-refractivity contribution in [2.75, 3.05) is 7.11 Å². The molecular weight excluding hydrogens is 316 g/mol. The van der Waals surface area contributed by atoms with Gasteiger partial charge in [0, 0.05) is 24.5 Å². The smallest absolute Gasteiger partial charge is 0.238 e. The number of halogens is 1. The number of hydrogen-bond donors (Lipinski definition) is 0. The van der Waals surface area contributed by atoms with Crippen molar-refractivity contribution in [1.29, 1.82) is 0 Å². The molecule has 0 amide bonds. The molecule has 116 valence electrons. The summed E-state index contributed by atoms with van der Waals surface area (Å²) in [6.45, 7) is 4.33. The van der Waals surface area contributed by atoms with Gasteiger partial charge in [0.25, 0.3) is 0 Å². The van der Waals surface area contributed by atoms with Crippen LogP contribution in [0.15, 0.2) is 36.4 Å². The van der Waals surface area contributed by atoms with Crippen LogP contribution in [0.5, 0.6) is 5.75 Å². The third-order valence-corrected chi connectivity index (χ3v) is 5.09. The fourth-order valence-corrected chi connectivity index (χ4v) is 4.20. The van der Waals surface area contributed by atoms with Crippen LogP contribution >= 0.6 is 11.3 Å². The van der Waals surface area contributed by atoms with E-state index in [4.69, 9.17) is 4.74 Å². The van der Waals surface area contributed by atoms with Crippen molar-refractivity contribution in [3.05, 3.63) is 46.8 Å². The van der Waals surface area contributed by atoms with Crippen molar-refractivity contribution in [3.8, 4) is 16.2 Å². The zero-order valence-electron chi connectivity index (χ0n) is 13.0. The van der Waals surface area contributed by atoms with Gasteiger partial charge in [0.15, 0.2) is 5.78 Å². The molecule has 0 N–H and O–H groups in total. The van der Waals surface area contributed by atoms with Gasteiger partial charge in [-0.3, -0.25) is 4.79 Å². The van der Waals surface area contributed by atoms with E-state index in [1.54, 1.807) is 18.4 Å². The van der Waals surface area contributed by atoms with Gasteiger partial charge in [-0.1, -0.05) is 13.8 Å². The summed E-state index contributed by atoms with van der Waals surface area (Å²) in [6, 6.07) is 12.1. The molecule has 2 nitrogen and oxygen atoms in total. The summed E-state index contributed by atoms with van der Waals surface area (Å²) in [5.74, 6) is 1.14. The van der Waals surface area contributed by atoms with Gasteiger partial charge >= 0.3 is 0 Å². The number of ketones is 1. The molecular formula is C18H19ClO2S. The molecule has 1 aliphatic carbocycles. The Morgan fingerprint density at radius 3 is 2.36 bits per heavy atom. The monoisotopic (exact) mass is 334 g/mol. The average molecular weight is 335 g/mol. The molecule has 22 heavy (non-hydrogen) atoms. The van der Waals surface area contributed by atoms with Gasteiger partial charge in [-0.25, -0.2) is 0 Å². The molecule has 2 aromatic rings. The highest BCUT2D eigenvalue weighted by atomic mass is 35.5. The molecule has 0 fully saturated rings. The second-order valence-electron chi connectivity index (χ2n) is 6.31. The van der Waals surface area contributed by atoms with E-state index in [0.29, 0.717) is 6.42 Å².